The van der Waals surface area contributed by atoms with Gasteiger partial charge in [0.2, 0.25) is 0 Å². The zero-order valence-electron chi connectivity index (χ0n) is 8.90. The van der Waals surface area contributed by atoms with Gasteiger partial charge >= 0.3 is 5.97 Å². The smallest absolute Gasteiger partial charge is 0.338 e. The molecule has 1 rings (SSSR count). The predicted octanol–water partition coefficient (Wildman–Crippen LogP) is 2.31. The Balaban J connectivity index is 2.62. The van der Waals surface area contributed by atoms with Crippen molar-refractivity contribution in [3.63, 3.8) is 0 Å². The second kappa shape index (κ2) is 5.29. The third kappa shape index (κ3) is 3.54. The highest BCUT2D eigenvalue weighted by Crippen LogP contribution is 2.05. The first-order chi connectivity index (χ1) is 7.13. The number of benzene rings is 1. The lowest BCUT2D eigenvalue weighted by Crippen LogP contribution is -2.10. The van der Waals surface area contributed by atoms with Crippen molar-refractivity contribution in [2.75, 3.05) is 6.61 Å². The molecule has 0 aliphatic heterocycles. The summed E-state index contributed by atoms with van der Waals surface area (Å²) in [6, 6.07) is 6.37. The van der Waals surface area contributed by atoms with Gasteiger partial charge in [0.15, 0.2) is 0 Å². The van der Waals surface area contributed by atoms with Crippen LogP contribution in [0.1, 0.15) is 34.6 Å². The summed E-state index contributed by atoms with van der Waals surface area (Å²) in [6.07, 6.45) is 0.739. The summed E-state index contributed by atoms with van der Waals surface area (Å²) in [7, 11) is 0. The average molecular weight is 206 g/mol. The van der Waals surface area contributed by atoms with Crippen LogP contribution in [-0.4, -0.2) is 18.9 Å². The van der Waals surface area contributed by atoms with E-state index in [0.717, 1.165) is 6.29 Å². The van der Waals surface area contributed by atoms with Crippen molar-refractivity contribution in [2.24, 2.45) is 5.92 Å². The fourth-order valence-corrected chi connectivity index (χ4v) is 1.02. The van der Waals surface area contributed by atoms with Gasteiger partial charge in [0.05, 0.1) is 12.2 Å². The molecule has 0 bridgehead atoms. The van der Waals surface area contributed by atoms with Gasteiger partial charge < -0.3 is 4.74 Å². The molecule has 0 spiro atoms. The van der Waals surface area contributed by atoms with Crippen LogP contribution in [0.2, 0.25) is 0 Å². The summed E-state index contributed by atoms with van der Waals surface area (Å²) in [4.78, 5) is 21.8. The van der Waals surface area contributed by atoms with Gasteiger partial charge in [0, 0.05) is 5.56 Å². The highest BCUT2D eigenvalue weighted by Gasteiger charge is 2.07. The van der Waals surface area contributed by atoms with Crippen LogP contribution in [0.15, 0.2) is 24.3 Å². The van der Waals surface area contributed by atoms with Gasteiger partial charge in [-0.3, -0.25) is 4.79 Å². The van der Waals surface area contributed by atoms with E-state index in [2.05, 4.69) is 0 Å². The Morgan fingerprint density at radius 2 is 1.93 bits per heavy atom. The maximum atomic E-state index is 11.4. The van der Waals surface area contributed by atoms with E-state index >= 15 is 0 Å². The van der Waals surface area contributed by atoms with Gasteiger partial charge in [-0.2, -0.15) is 0 Å². The van der Waals surface area contributed by atoms with Crippen LogP contribution in [0.3, 0.4) is 0 Å². The van der Waals surface area contributed by atoms with Crippen LogP contribution in [-0.2, 0) is 4.74 Å². The van der Waals surface area contributed by atoms with Gasteiger partial charge in [-0.25, -0.2) is 4.79 Å². The van der Waals surface area contributed by atoms with E-state index in [9.17, 15) is 9.59 Å². The first kappa shape index (κ1) is 11.4. The minimum absolute atomic E-state index is 0.322. The van der Waals surface area contributed by atoms with Crippen LogP contribution in [0.4, 0.5) is 0 Å². The van der Waals surface area contributed by atoms with Crippen LogP contribution in [0.5, 0.6) is 0 Å². The van der Waals surface area contributed by atoms with E-state index in [1.807, 2.05) is 13.8 Å². The van der Waals surface area contributed by atoms with Crippen LogP contribution >= 0.6 is 0 Å². The lowest BCUT2D eigenvalue weighted by Gasteiger charge is -2.06. The molecule has 0 amide bonds. The molecule has 0 heterocycles. The van der Waals surface area contributed by atoms with E-state index in [1.165, 1.54) is 0 Å². The fraction of sp³-hybridized carbons (Fsp3) is 0.333. The van der Waals surface area contributed by atoms with Crippen molar-refractivity contribution in [3.8, 4) is 0 Å². The second-order valence-corrected chi connectivity index (χ2v) is 3.73. The summed E-state index contributed by atoms with van der Waals surface area (Å²) < 4.78 is 5.04. The lowest BCUT2D eigenvalue weighted by molar-refractivity contribution is 0.0459. The number of carbonyl (C=O) groups is 2. The number of rotatable bonds is 4. The SMILES string of the molecule is CC(C)COC(=O)c1ccc(C=O)cc1. The van der Waals surface area contributed by atoms with Crippen molar-refractivity contribution >= 4 is 12.3 Å². The van der Waals surface area contributed by atoms with Crippen LogP contribution < -0.4 is 0 Å². The maximum Gasteiger partial charge on any atom is 0.338 e. The Kier molecular flexibility index (Phi) is 4.03. The van der Waals surface area contributed by atoms with Crippen molar-refractivity contribution in [1.29, 1.82) is 0 Å². The zero-order valence-corrected chi connectivity index (χ0v) is 8.90. The van der Waals surface area contributed by atoms with E-state index in [4.69, 9.17) is 4.74 Å². The normalized spacial score (nSPS) is 10.1. The molecule has 3 nitrogen and oxygen atoms in total. The Bertz CT molecular complexity index is 338. The van der Waals surface area contributed by atoms with Crippen molar-refractivity contribution in [1.82, 2.24) is 0 Å². The summed E-state index contributed by atoms with van der Waals surface area (Å²) in [5.41, 5.74) is 1.02. The number of hydrogen-bond donors (Lipinski definition) is 0. The summed E-state index contributed by atoms with van der Waals surface area (Å²) in [5.74, 6) is -0.0238. The number of carbonyl (C=O) groups excluding carboxylic acids is 2. The molecular formula is C12H14O3. The minimum atomic E-state index is -0.346. The van der Waals surface area contributed by atoms with Gasteiger partial charge in [0.1, 0.15) is 6.29 Å². The van der Waals surface area contributed by atoms with Crippen molar-refractivity contribution in [3.05, 3.63) is 35.4 Å². The first-order valence-corrected chi connectivity index (χ1v) is 4.86. The van der Waals surface area contributed by atoms with Gasteiger partial charge in [-0.15, -0.1) is 0 Å². The molecule has 0 fully saturated rings. The molecule has 0 saturated carbocycles. The Labute approximate surface area is 89.1 Å². The molecule has 15 heavy (non-hydrogen) atoms. The van der Waals surface area contributed by atoms with Gasteiger partial charge in [-0.05, 0) is 18.1 Å². The number of aldehydes is 1. The summed E-state index contributed by atoms with van der Waals surface area (Å²) in [6.45, 7) is 4.36. The third-order valence-corrected chi connectivity index (χ3v) is 1.83. The van der Waals surface area contributed by atoms with Crippen LogP contribution in [0, 0.1) is 5.92 Å². The Morgan fingerprint density at radius 3 is 2.40 bits per heavy atom. The highest BCUT2D eigenvalue weighted by atomic mass is 16.5. The Morgan fingerprint density at radius 1 is 1.33 bits per heavy atom. The molecule has 0 aliphatic carbocycles. The topological polar surface area (TPSA) is 43.4 Å². The van der Waals surface area contributed by atoms with Crippen LogP contribution in [0.25, 0.3) is 0 Å². The van der Waals surface area contributed by atoms with E-state index in [1.54, 1.807) is 24.3 Å². The van der Waals surface area contributed by atoms with Crippen molar-refractivity contribution in [2.45, 2.75) is 13.8 Å². The molecule has 0 N–H and O–H groups in total. The molecule has 0 aromatic heterocycles. The largest absolute Gasteiger partial charge is 0.462 e. The Hall–Kier alpha value is -1.64. The maximum absolute atomic E-state index is 11.4. The highest BCUT2D eigenvalue weighted by molar-refractivity contribution is 5.90. The summed E-state index contributed by atoms with van der Waals surface area (Å²) >= 11 is 0. The molecule has 0 unspecified atom stereocenters. The van der Waals surface area contributed by atoms with Gasteiger partial charge in [0.25, 0.3) is 0 Å². The quantitative estimate of drug-likeness (QED) is 0.561. The monoisotopic (exact) mass is 206 g/mol. The second-order valence-electron chi connectivity index (χ2n) is 3.73. The molecule has 0 aliphatic rings. The third-order valence-electron chi connectivity index (χ3n) is 1.83. The fourth-order valence-electron chi connectivity index (χ4n) is 1.02. The lowest BCUT2D eigenvalue weighted by atomic mass is 10.1. The predicted molar refractivity (Wildman–Crippen MR) is 57.0 cm³/mol. The molecular weight excluding hydrogens is 192 g/mol. The standard InChI is InChI=1S/C12H14O3/c1-9(2)8-15-12(14)11-5-3-10(7-13)4-6-11/h3-7,9H,8H2,1-2H3. The molecule has 0 saturated heterocycles. The number of esters is 1. The number of hydrogen-bond acceptors (Lipinski definition) is 3. The van der Waals surface area contributed by atoms with E-state index in [-0.39, 0.29) is 5.97 Å². The molecule has 1 aromatic carbocycles. The van der Waals surface area contributed by atoms with Gasteiger partial charge in [-0.1, -0.05) is 26.0 Å². The molecule has 1 aromatic rings. The summed E-state index contributed by atoms with van der Waals surface area (Å²) in [5, 5.41) is 0. The number of ether oxygens (including phenoxy) is 1. The average Bonchev–Trinajstić information content (AvgIpc) is 2.26. The zero-order chi connectivity index (χ0) is 11.3. The van der Waals surface area contributed by atoms with E-state index in [0.29, 0.717) is 23.7 Å². The van der Waals surface area contributed by atoms with Crippen molar-refractivity contribution < 1.29 is 14.3 Å². The van der Waals surface area contributed by atoms with E-state index < -0.39 is 0 Å². The molecule has 80 valence electrons. The molecule has 0 radical (unpaired) electrons. The first-order valence-electron chi connectivity index (χ1n) is 4.86. The minimum Gasteiger partial charge on any atom is -0.462 e. The molecule has 3 heteroatoms. The molecule has 0 atom stereocenters.